The number of nitro benzene ring substituents is 1. The molecule has 2 aromatic carbocycles. The fourth-order valence-corrected chi connectivity index (χ4v) is 5.12. The standard InChI is InChI=1S/C20H16Cl2N4O4/c21-12-4-2-11(3-5-12)17-16-18(24-9-1-8-23(17)24)20(28)25(19(16)27)13-6-7-14(22)15(10-13)26(29)30/h2-7,10,16-18H,1,8-9H2/t16-,17-,18+/m1/s1. The van der Waals surface area contributed by atoms with E-state index in [4.69, 9.17) is 23.2 Å². The van der Waals surface area contributed by atoms with Crippen molar-refractivity contribution in [1.29, 1.82) is 0 Å². The molecule has 0 aromatic heterocycles. The Balaban J connectivity index is 1.58. The maximum Gasteiger partial charge on any atom is 0.289 e. The second-order valence-corrected chi connectivity index (χ2v) is 8.40. The zero-order valence-electron chi connectivity index (χ0n) is 15.6. The molecule has 30 heavy (non-hydrogen) atoms. The first-order chi connectivity index (χ1) is 14.4. The summed E-state index contributed by atoms with van der Waals surface area (Å²) in [5.41, 5.74) is 0.726. The molecule has 0 N–H and O–H groups in total. The van der Waals surface area contributed by atoms with Gasteiger partial charge in [0.2, 0.25) is 5.91 Å². The lowest BCUT2D eigenvalue weighted by Crippen LogP contribution is -2.44. The lowest BCUT2D eigenvalue weighted by Gasteiger charge is -2.29. The number of rotatable bonds is 3. The Morgan fingerprint density at radius 3 is 2.27 bits per heavy atom. The summed E-state index contributed by atoms with van der Waals surface area (Å²) >= 11 is 11.9. The number of hydrogen-bond acceptors (Lipinski definition) is 6. The van der Waals surface area contributed by atoms with E-state index >= 15 is 0 Å². The molecule has 8 nitrogen and oxygen atoms in total. The first-order valence-corrected chi connectivity index (χ1v) is 10.2. The van der Waals surface area contributed by atoms with Crippen molar-refractivity contribution in [3.05, 3.63) is 68.2 Å². The summed E-state index contributed by atoms with van der Waals surface area (Å²) in [5.74, 6) is -1.34. The molecule has 3 aliphatic rings. The highest BCUT2D eigenvalue weighted by Crippen LogP contribution is 2.49. The van der Waals surface area contributed by atoms with Crippen molar-refractivity contribution in [3.8, 4) is 0 Å². The van der Waals surface area contributed by atoms with Gasteiger partial charge in [0.1, 0.15) is 11.1 Å². The Labute approximate surface area is 181 Å². The number of amides is 2. The summed E-state index contributed by atoms with van der Waals surface area (Å²) in [6.45, 7) is 1.44. The maximum absolute atomic E-state index is 13.5. The van der Waals surface area contributed by atoms with Gasteiger partial charge in [0, 0.05) is 24.2 Å². The number of halogens is 2. The molecule has 2 aromatic rings. The molecule has 2 amide bonds. The second kappa shape index (κ2) is 7.02. The average molecular weight is 447 g/mol. The fourth-order valence-electron chi connectivity index (χ4n) is 4.81. The highest BCUT2D eigenvalue weighted by Gasteiger charge is 2.62. The molecule has 3 heterocycles. The summed E-state index contributed by atoms with van der Waals surface area (Å²) in [7, 11) is 0. The maximum atomic E-state index is 13.5. The monoisotopic (exact) mass is 446 g/mol. The van der Waals surface area contributed by atoms with E-state index in [-0.39, 0.29) is 34.3 Å². The molecule has 0 radical (unpaired) electrons. The minimum atomic E-state index is -0.629. The van der Waals surface area contributed by atoms with Crippen LogP contribution in [-0.2, 0) is 9.59 Å². The summed E-state index contributed by atoms with van der Waals surface area (Å²) in [6.07, 6.45) is 0.890. The van der Waals surface area contributed by atoms with Crippen LogP contribution in [0.3, 0.4) is 0 Å². The molecule has 10 heteroatoms. The van der Waals surface area contributed by atoms with E-state index in [1.54, 1.807) is 12.1 Å². The van der Waals surface area contributed by atoms with Crippen LogP contribution in [0, 0.1) is 16.0 Å². The molecular formula is C20H16Cl2N4O4. The number of benzene rings is 2. The molecule has 0 unspecified atom stereocenters. The van der Waals surface area contributed by atoms with Gasteiger partial charge in [-0.1, -0.05) is 35.3 Å². The zero-order valence-corrected chi connectivity index (χ0v) is 17.1. The lowest BCUT2D eigenvalue weighted by atomic mass is 9.90. The number of hydrazine groups is 1. The summed E-state index contributed by atoms with van der Waals surface area (Å²) in [6, 6.07) is 10.3. The number of carbonyl (C=O) groups is 2. The Morgan fingerprint density at radius 2 is 1.60 bits per heavy atom. The second-order valence-electron chi connectivity index (χ2n) is 7.55. The Bertz CT molecular complexity index is 1080. The lowest BCUT2D eigenvalue weighted by molar-refractivity contribution is -0.384. The van der Waals surface area contributed by atoms with Crippen molar-refractivity contribution >= 4 is 46.4 Å². The van der Waals surface area contributed by atoms with Gasteiger partial charge in [0.15, 0.2) is 0 Å². The minimum Gasteiger partial charge on any atom is -0.274 e. The summed E-state index contributed by atoms with van der Waals surface area (Å²) in [5, 5.41) is 15.9. The van der Waals surface area contributed by atoms with Gasteiger partial charge in [-0.25, -0.2) is 14.9 Å². The minimum absolute atomic E-state index is 0.0483. The highest BCUT2D eigenvalue weighted by atomic mass is 35.5. The Kier molecular flexibility index (Phi) is 4.55. The predicted octanol–water partition coefficient (Wildman–Crippen LogP) is 3.44. The van der Waals surface area contributed by atoms with Crippen molar-refractivity contribution in [2.45, 2.75) is 18.5 Å². The third kappa shape index (κ3) is 2.75. The van der Waals surface area contributed by atoms with Crippen LogP contribution in [0.15, 0.2) is 42.5 Å². The van der Waals surface area contributed by atoms with Crippen LogP contribution >= 0.6 is 23.2 Å². The number of anilines is 1. The van der Waals surface area contributed by atoms with Crippen LogP contribution < -0.4 is 4.90 Å². The van der Waals surface area contributed by atoms with E-state index in [9.17, 15) is 19.7 Å². The Hall–Kier alpha value is -2.52. The van der Waals surface area contributed by atoms with Crippen LogP contribution in [-0.4, -0.2) is 45.9 Å². The van der Waals surface area contributed by atoms with Crippen molar-refractivity contribution in [2.75, 3.05) is 18.0 Å². The molecule has 3 fully saturated rings. The molecule has 3 aliphatic heterocycles. The smallest absolute Gasteiger partial charge is 0.274 e. The van der Waals surface area contributed by atoms with E-state index in [1.807, 2.05) is 17.1 Å². The molecule has 154 valence electrons. The van der Waals surface area contributed by atoms with Crippen molar-refractivity contribution < 1.29 is 14.5 Å². The third-order valence-electron chi connectivity index (χ3n) is 6.00. The van der Waals surface area contributed by atoms with E-state index in [2.05, 4.69) is 5.01 Å². The van der Waals surface area contributed by atoms with Crippen LogP contribution in [0.4, 0.5) is 11.4 Å². The van der Waals surface area contributed by atoms with Crippen molar-refractivity contribution in [3.63, 3.8) is 0 Å². The number of nitrogens with zero attached hydrogens (tertiary/aromatic N) is 4. The molecule has 0 saturated carbocycles. The van der Waals surface area contributed by atoms with Gasteiger partial charge in [-0.15, -0.1) is 0 Å². The largest absolute Gasteiger partial charge is 0.289 e. The number of fused-ring (bicyclic) bond motifs is 3. The molecule has 5 rings (SSSR count). The van der Waals surface area contributed by atoms with Gasteiger partial charge in [-0.05, 0) is 36.2 Å². The highest BCUT2D eigenvalue weighted by molar-refractivity contribution is 6.33. The first kappa shape index (κ1) is 19.4. The van der Waals surface area contributed by atoms with Crippen molar-refractivity contribution in [1.82, 2.24) is 10.0 Å². The van der Waals surface area contributed by atoms with Crippen LogP contribution in [0.2, 0.25) is 10.0 Å². The summed E-state index contributed by atoms with van der Waals surface area (Å²) in [4.78, 5) is 38.5. The van der Waals surface area contributed by atoms with Crippen LogP contribution in [0.5, 0.6) is 0 Å². The SMILES string of the molecule is O=C1[C@H]2[C@@H](C(=O)N1c1ccc(Cl)c([N+](=O)[O-])c1)N1CCCN1[C@@H]2c1ccc(Cl)cc1. The molecular weight excluding hydrogens is 431 g/mol. The van der Waals surface area contributed by atoms with Gasteiger partial charge in [-0.3, -0.25) is 19.7 Å². The quantitative estimate of drug-likeness (QED) is 0.407. The predicted molar refractivity (Wildman–Crippen MR) is 110 cm³/mol. The van der Waals surface area contributed by atoms with E-state index in [0.717, 1.165) is 23.4 Å². The number of imide groups is 1. The van der Waals surface area contributed by atoms with Gasteiger partial charge in [0.05, 0.1) is 22.6 Å². The van der Waals surface area contributed by atoms with E-state index < -0.39 is 16.9 Å². The number of nitro groups is 1. The van der Waals surface area contributed by atoms with E-state index in [1.165, 1.54) is 18.2 Å². The molecule has 3 saturated heterocycles. The van der Waals surface area contributed by atoms with E-state index in [0.29, 0.717) is 11.6 Å². The van der Waals surface area contributed by atoms with Gasteiger partial charge in [0.25, 0.3) is 11.6 Å². The molecule has 0 bridgehead atoms. The first-order valence-electron chi connectivity index (χ1n) is 9.49. The number of carbonyl (C=O) groups excluding carboxylic acids is 2. The summed E-state index contributed by atoms with van der Waals surface area (Å²) < 4.78 is 0. The molecule has 3 atom stereocenters. The average Bonchev–Trinajstić information content (AvgIpc) is 3.36. The third-order valence-corrected chi connectivity index (χ3v) is 6.57. The van der Waals surface area contributed by atoms with Gasteiger partial charge >= 0.3 is 0 Å². The van der Waals surface area contributed by atoms with Gasteiger partial charge < -0.3 is 0 Å². The fraction of sp³-hybridized carbons (Fsp3) is 0.300. The number of hydrogen-bond donors (Lipinski definition) is 0. The van der Waals surface area contributed by atoms with Crippen molar-refractivity contribution in [2.24, 2.45) is 5.92 Å². The van der Waals surface area contributed by atoms with Crippen LogP contribution in [0.1, 0.15) is 18.0 Å². The topological polar surface area (TPSA) is 87.0 Å². The zero-order chi connectivity index (χ0) is 21.2. The van der Waals surface area contributed by atoms with Crippen LogP contribution in [0.25, 0.3) is 0 Å². The molecule has 0 spiro atoms. The molecule has 0 aliphatic carbocycles. The Morgan fingerprint density at radius 1 is 0.933 bits per heavy atom. The van der Waals surface area contributed by atoms with Gasteiger partial charge in [-0.2, -0.15) is 0 Å². The normalized spacial score (nSPS) is 26.3.